The van der Waals surface area contributed by atoms with Gasteiger partial charge < -0.3 is 10.0 Å². The highest BCUT2D eigenvalue weighted by atomic mass is 16.3. The zero-order valence-electron chi connectivity index (χ0n) is 7.96. The molecule has 1 fully saturated rings. The molecule has 0 radical (unpaired) electrons. The maximum atomic E-state index is 9.65. The molecule has 0 aromatic heterocycles. The van der Waals surface area contributed by atoms with Gasteiger partial charge in [0.05, 0.1) is 6.10 Å². The summed E-state index contributed by atoms with van der Waals surface area (Å²) in [6, 6.07) is 0. The molecule has 0 aliphatic carbocycles. The van der Waals surface area contributed by atoms with Gasteiger partial charge in [-0.2, -0.15) is 0 Å². The van der Waals surface area contributed by atoms with E-state index < -0.39 is 0 Å². The second-order valence-electron chi connectivity index (χ2n) is 4.76. The number of β-amino-alcohol motifs (C(OH)–C–C–N with tert-alkyl or cyclic N) is 1. The number of nitrogens with zero attached hydrogens (tertiary/aromatic N) is 1. The van der Waals surface area contributed by atoms with E-state index in [0.717, 1.165) is 13.1 Å². The van der Waals surface area contributed by atoms with Gasteiger partial charge in [-0.3, -0.25) is 0 Å². The number of likely N-dealkylation sites (tertiary alicyclic amines) is 1. The lowest BCUT2D eigenvalue weighted by atomic mass is 9.79. The number of aliphatic hydroxyl groups excluding tert-OH is 1. The van der Waals surface area contributed by atoms with Crippen molar-refractivity contribution in [2.45, 2.75) is 26.9 Å². The van der Waals surface area contributed by atoms with Crippen LogP contribution in [0.3, 0.4) is 0 Å². The summed E-state index contributed by atoms with van der Waals surface area (Å²) in [5.41, 5.74) is 0.240. The maximum absolute atomic E-state index is 9.65. The molecule has 1 N–H and O–H groups in total. The molecule has 0 bridgehead atoms. The molecule has 0 amide bonds. The van der Waals surface area contributed by atoms with E-state index in [4.69, 9.17) is 0 Å². The van der Waals surface area contributed by atoms with Crippen molar-refractivity contribution in [2.75, 3.05) is 20.1 Å². The molecule has 2 heteroatoms. The Morgan fingerprint density at radius 1 is 1.27 bits per heavy atom. The van der Waals surface area contributed by atoms with E-state index >= 15 is 0 Å². The Morgan fingerprint density at radius 3 is 2.00 bits per heavy atom. The fraction of sp³-hybridized carbons (Fsp3) is 1.00. The van der Waals surface area contributed by atoms with Gasteiger partial charge in [0.2, 0.25) is 0 Å². The molecular weight excluding hydrogens is 138 g/mol. The average Bonchev–Trinajstić information content (AvgIpc) is 2.08. The first-order valence-electron chi connectivity index (χ1n) is 4.28. The van der Waals surface area contributed by atoms with Gasteiger partial charge in [-0.15, -0.1) is 0 Å². The number of hydrogen-bond donors (Lipinski definition) is 1. The highest BCUT2D eigenvalue weighted by molar-refractivity contribution is 4.88. The maximum Gasteiger partial charge on any atom is 0.0712 e. The first-order valence-corrected chi connectivity index (χ1v) is 4.28. The predicted octanol–water partition coefficient (Wildman–Crippen LogP) is 0.955. The SMILES string of the molecule is CN1C[C@@H](O)[C@H](C(C)(C)C)C1. The van der Waals surface area contributed by atoms with Gasteiger partial charge in [-0.25, -0.2) is 0 Å². The zero-order valence-corrected chi connectivity index (χ0v) is 7.96. The Balaban J connectivity index is 2.60. The summed E-state index contributed by atoms with van der Waals surface area (Å²) in [6.45, 7) is 8.45. The van der Waals surface area contributed by atoms with Crippen LogP contribution in [0.1, 0.15) is 20.8 Å². The van der Waals surface area contributed by atoms with Crippen LogP contribution >= 0.6 is 0 Å². The molecule has 66 valence electrons. The Hall–Kier alpha value is -0.0800. The molecule has 2 atom stereocenters. The minimum Gasteiger partial charge on any atom is -0.391 e. The lowest BCUT2D eigenvalue weighted by Gasteiger charge is -2.28. The molecule has 11 heavy (non-hydrogen) atoms. The van der Waals surface area contributed by atoms with Gasteiger partial charge in [0.15, 0.2) is 0 Å². The Bertz CT molecular complexity index is 139. The van der Waals surface area contributed by atoms with E-state index in [1.807, 2.05) is 0 Å². The third-order valence-corrected chi connectivity index (χ3v) is 2.58. The summed E-state index contributed by atoms with van der Waals surface area (Å²) in [5.74, 6) is 0.437. The van der Waals surface area contributed by atoms with Crippen molar-refractivity contribution >= 4 is 0 Å². The summed E-state index contributed by atoms with van der Waals surface area (Å²) in [7, 11) is 2.06. The Kier molecular flexibility index (Phi) is 2.26. The molecule has 1 rings (SSSR count). The van der Waals surface area contributed by atoms with Crippen molar-refractivity contribution in [2.24, 2.45) is 11.3 Å². The van der Waals surface area contributed by atoms with Crippen LogP contribution in [0.25, 0.3) is 0 Å². The molecule has 1 aliphatic heterocycles. The summed E-state index contributed by atoms with van der Waals surface area (Å²) < 4.78 is 0. The van der Waals surface area contributed by atoms with E-state index in [1.54, 1.807) is 0 Å². The van der Waals surface area contributed by atoms with Gasteiger partial charge in [0, 0.05) is 19.0 Å². The van der Waals surface area contributed by atoms with Crippen LogP contribution in [-0.2, 0) is 0 Å². The van der Waals surface area contributed by atoms with Crippen LogP contribution in [-0.4, -0.2) is 36.2 Å². The van der Waals surface area contributed by atoms with E-state index in [-0.39, 0.29) is 11.5 Å². The number of aliphatic hydroxyl groups is 1. The molecule has 1 heterocycles. The van der Waals surface area contributed by atoms with Crippen molar-refractivity contribution in [1.82, 2.24) is 4.90 Å². The van der Waals surface area contributed by atoms with E-state index in [9.17, 15) is 5.11 Å². The summed E-state index contributed by atoms with van der Waals surface area (Å²) >= 11 is 0. The van der Waals surface area contributed by atoms with Crippen molar-refractivity contribution in [1.29, 1.82) is 0 Å². The molecule has 1 saturated heterocycles. The van der Waals surface area contributed by atoms with Crippen LogP contribution in [0.15, 0.2) is 0 Å². The number of likely N-dealkylation sites (N-methyl/N-ethyl adjacent to an activating group) is 1. The lowest BCUT2D eigenvalue weighted by molar-refractivity contribution is 0.0826. The molecule has 0 saturated carbocycles. The molecular formula is C9H19NO. The molecule has 2 nitrogen and oxygen atoms in total. The first kappa shape index (κ1) is 9.01. The van der Waals surface area contributed by atoms with Crippen molar-refractivity contribution in [3.63, 3.8) is 0 Å². The van der Waals surface area contributed by atoms with Gasteiger partial charge >= 0.3 is 0 Å². The van der Waals surface area contributed by atoms with E-state index in [2.05, 4.69) is 32.7 Å². The van der Waals surface area contributed by atoms with Gasteiger partial charge in [-0.05, 0) is 12.5 Å². The third-order valence-electron chi connectivity index (χ3n) is 2.58. The third kappa shape index (κ3) is 1.94. The lowest BCUT2D eigenvalue weighted by Crippen LogP contribution is -2.30. The summed E-state index contributed by atoms with van der Waals surface area (Å²) in [5, 5.41) is 9.65. The average molecular weight is 157 g/mol. The van der Waals surface area contributed by atoms with Gasteiger partial charge in [-0.1, -0.05) is 20.8 Å². The topological polar surface area (TPSA) is 23.5 Å². The Labute approximate surface area is 69.2 Å². The Morgan fingerprint density at radius 2 is 1.82 bits per heavy atom. The second kappa shape index (κ2) is 2.76. The molecule has 1 aliphatic rings. The molecule has 0 spiro atoms. The van der Waals surface area contributed by atoms with Gasteiger partial charge in [0.1, 0.15) is 0 Å². The highest BCUT2D eigenvalue weighted by Gasteiger charge is 2.37. The van der Waals surface area contributed by atoms with Crippen LogP contribution in [0.2, 0.25) is 0 Å². The van der Waals surface area contributed by atoms with Crippen LogP contribution < -0.4 is 0 Å². The normalized spacial score (nSPS) is 34.6. The standard InChI is InChI=1S/C9H19NO/c1-9(2,3)7-5-10(4)6-8(7)11/h7-8,11H,5-6H2,1-4H3/t7-,8-/m1/s1. The number of rotatable bonds is 0. The number of hydrogen-bond acceptors (Lipinski definition) is 2. The summed E-state index contributed by atoms with van der Waals surface area (Å²) in [4.78, 5) is 2.20. The molecule has 0 aromatic rings. The minimum atomic E-state index is -0.125. The van der Waals surface area contributed by atoms with Crippen LogP contribution in [0, 0.1) is 11.3 Å². The predicted molar refractivity (Wildman–Crippen MR) is 46.4 cm³/mol. The minimum absolute atomic E-state index is 0.125. The largest absolute Gasteiger partial charge is 0.391 e. The van der Waals surface area contributed by atoms with Gasteiger partial charge in [0.25, 0.3) is 0 Å². The first-order chi connectivity index (χ1) is 4.91. The smallest absolute Gasteiger partial charge is 0.0712 e. The van der Waals surface area contributed by atoms with Crippen molar-refractivity contribution in [3.05, 3.63) is 0 Å². The quantitative estimate of drug-likeness (QED) is 0.566. The van der Waals surface area contributed by atoms with Crippen LogP contribution in [0.4, 0.5) is 0 Å². The fourth-order valence-corrected chi connectivity index (χ4v) is 1.83. The monoisotopic (exact) mass is 157 g/mol. The van der Waals surface area contributed by atoms with Crippen molar-refractivity contribution in [3.8, 4) is 0 Å². The van der Waals surface area contributed by atoms with Crippen LogP contribution in [0.5, 0.6) is 0 Å². The van der Waals surface area contributed by atoms with Crippen molar-refractivity contribution < 1.29 is 5.11 Å². The van der Waals surface area contributed by atoms with E-state index in [1.165, 1.54) is 0 Å². The highest BCUT2D eigenvalue weighted by Crippen LogP contribution is 2.33. The summed E-state index contributed by atoms with van der Waals surface area (Å²) in [6.07, 6.45) is -0.125. The fourth-order valence-electron chi connectivity index (χ4n) is 1.83. The molecule has 0 aromatic carbocycles. The molecule has 0 unspecified atom stereocenters. The van der Waals surface area contributed by atoms with E-state index in [0.29, 0.717) is 5.92 Å². The zero-order chi connectivity index (χ0) is 8.65. The second-order valence-corrected chi connectivity index (χ2v) is 4.76.